The number of hydrogen-bond donors (Lipinski definition) is 2. The van der Waals surface area contributed by atoms with Crippen molar-refractivity contribution >= 4 is 12.0 Å². The molecule has 0 heterocycles. The molecule has 0 bridgehead atoms. The molecule has 1 aliphatic rings. The van der Waals surface area contributed by atoms with Crippen LogP contribution in [0.4, 0.5) is 0 Å². The monoisotopic (exact) mass is 466 g/mol. The predicted octanol–water partition coefficient (Wildman–Crippen LogP) is 6.28. The Morgan fingerprint density at radius 1 is 1.15 bits per heavy atom. The van der Waals surface area contributed by atoms with Crippen molar-refractivity contribution in [3.8, 4) is 0 Å². The fourth-order valence-corrected chi connectivity index (χ4v) is 4.40. The highest BCUT2D eigenvalue weighted by Crippen LogP contribution is 2.29. The minimum Gasteiger partial charge on any atom is -0.465 e. The van der Waals surface area contributed by atoms with Crippen LogP contribution in [0.1, 0.15) is 89.8 Å². The SMILES string of the molecule is C=C/C=C(\C)C1=Cc2ccc(CCCCCCOC(=O)C(C)(C)C(N)CC(C)(C)N)cc2CC1. The summed E-state index contributed by atoms with van der Waals surface area (Å²) in [6, 6.07) is 6.58. The van der Waals surface area contributed by atoms with E-state index in [0.717, 1.165) is 44.9 Å². The van der Waals surface area contributed by atoms with Gasteiger partial charge in [-0.05, 0) is 101 Å². The molecule has 4 heteroatoms. The van der Waals surface area contributed by atoms with Gasteiger partial charge in [-0.15, -0.1) is 0 Å². The van der Waals surface area contributed by atoms with Gasteiger partial charge in [-0.3, -0.25) is 4.79 Å². The Hall–Kier alpha value is -2.17. The minimum absolute atomic E-state index is 0.231. The number of rotatable bonds is 13. The van der Waals surface area contributed by atoms with E-state index in [0.29, 0.717) is 13.0 Å². The zero-order valence-electron chi connectivity index (χ0n) is 22.1. The first-order valence-electron chi connectivity index (χ1n) is 12.8. The third kappa shape index (κ3) is 8.56. The number of ether oxygens (including phenoxy) is 1. The lowest BCUT2D eigenvalue weighted by atomic mass is 9.79. The van der Waals surface area contributed by atoms with Crippen LogP contribution >= 0.6 is 0 Å². The van der Waals surface area contributed by atoms with Crippen LogP contribution in [0.25, 0.3) is 6.08 Å². The van der Waals surface area contributed by atoms with E-state index in [2.05, 4.69) is 43.9 Å². The van der Waals surface area contributed by atoms with Crippen molar-refractivity contribution in [1.82, 2.24) is 0 Å². The first-order valence-corrected chi connectivity index (χ1v) is 12.8. The van der Waals surface area contributed by atoms with E-state index in [1.807, 2.05) is 33.8 Å². The van der Waals surface area contributed by atoms with Gasteiger partial charge in [0.15, 0.2) is 0 Å². The van der Waals surface area contributed by atoms with E-state index in [9.17, 15) is 4.79 Å². The van der Waals surface area contributed by atoms with Crippen LogP contribution in [0.15, 0.2) is 48.1 Å². The van der Waals surface area contributed by atoms with E-state index in [-0.39, 0.29) is 12.0 Å². The van der Waals surface area contributed by atoms with Gasteiger partial charge in [0, 0.05) is 11.6 Å². The summed E-state index contributed by atoms with van der Waals surface area (Å²) in [5.74, 6) is -0.231. The summed E-state index contributed by atoms with van der Waals surface area (Å²) in [5, 5.41) is 0. The summed E-state index contributed by atoms with van der Waals surface area (Å²) < 4.78 is 5.54. The molecule has 0 saturated heterocycles. The molecule has 0 spiro atoms. The van der Waals surface area contributed by atoms with Crippen LogP contribution in [-0.2, 0) is 22.4 Å². The van der Waals surface area contributed by atoms with Gasteiger partial charge in [0.05, 0.1) is 12.0 Å². The molecule has 188 valence electrons. The van der Waals surface area contributed by atoms with Crippen molar-refractivity contribution in [2.45, 2.75) is 97.6 Å². The Morgan fingerprint density at radius 2 is 1.85 bits per heavy atom. The molecule has 1 atom stereocenters. The summed E-state index contributed by atoms with van der Waals surface area (Å²) in [6.07, 6.45) is 14.4. The maximum Gasteiger partial charge on any atom is 0.313 e. The lowest BCUT2D eigenvalue weighted by Gasteiger charge is -2.33. The first kappa shape index (κ1) is 28.1. The quantitative estimate of drug-likeness (QED) is 0.204. The van der Waals surface area contributed by atoms with Crippen molar-refractivity contribution in [3.05, 3.63) is 64.8 Å². The summed E-state index contributed by atoms with van der Waals surface area (Å²) >= 11 is 0. The van der Waals surface area contributed by atoms with Crippen LogP contribution in [0.3, 0.4) is 0 Å². The predicted molar refractivity (Wildman–Crippen MR) is 144 cm³/mol. The molecule has 0 saturated carbocycles. The number of fused-ring (bicyclic) bond motifs is 1. The first-order chi connectivity index (χ1) is 15.9. The van der Waals surface area contributed by atoms with E-state index >= 15 is 0 Å². The Balaban J connectivity index is 1.70. The summed E-state index contributed by atoms with van der Waals surface area (Å²) in [4.78, 5) is 12.5. The number of unbranched alkanes of at least 4 members (excludes halogenated alkanes) is 3. The molecule has 34 heavy (non-hydrogen) atoms. The van der Waals surface area contributed by atoms with Gasteiger partial charge in [0.2, 0.25) is 0 Å². The van der Waals surface area contributed by atoms with Gasteiger partial charge in [0.25, 0.3) is 0 Å². The number of allylic oxidation sites excluding steroid dienone is 4. The normalized spacial score (nSPS) is 15.4. The lowest BCUT2D eigenvalue weighted by molar-refractivity contribution is -0.155. The van der Waals surface area contributed by atoms with Gasteiger partial charge >= 0.3 is 5.97 Å². The van der Waals surface area contributed by atoms with Crippen LogP contribution in [-0.4, -0.2) is 24.2 Å². The van der Waals surface area contributed by atoms with Crippen LogP contribution in [0.2, 0.25) is 0 Å². The highest BCUT2D eigenvalue weighted by Gasteiger charge is 2.38. The van der Waals surface area contributed by atoms with Crippen LogP contribution < -0.4 is 11.5 Å². The minimum atomic E-state index is -0.736. The second-order valence-electron chi connectivity index (χ2n) is 11.1. The topological polar surface area (TPSA) is 78.3 Å². The van der Waals surface area contributed by atoms with Crippen LogP contribution in [0.5, 0.6) is 0 Å². The zero-order valence-corrected chi connectivity index (χ0v) is 22.1. The number of aryl methyl sites for hydroxylation is 2. The van der Waals surface area contributed by atoms with Gasteiger partial charge in [-0.2, -0.15) is 0 Å². The molecule has 0 fully saturated rings. The Kier molecular flexibility index (Phi) is 10.3. The number of nitrogens with two attached hydrogens (primary N) is 2. The fourth-order valence-electron chi connectivity index (χ4n) is 4.40. The van der Waals surface area contributed by atoms with Crippen molar-refractivity contribution in [2.24, 2.45) is 16.9 Å². The molecule has 0 amide bonds. The maximum atomic E-state index is 12.5. The van der Waals surface area contributed by atoms with Gasteiger partial charge in [0.1, 0.15) is 0 Å². The summed E-state index contributed by atoms with van der Waals surface area (Å²) in [5.41, 5.74) is 18.1. The fraction of sp³-hybridized carbons (Fsp3) is 0.567. The number of benzene rings is 1. The average molecular weight is 467 g/mol. The van der Waals surface area contributed by atoms with Crippen molar-refractivity contribution < 1.29 is 9.53 Å². The second-order valence-corrected chi connectivity index (χ2v) is 11.1. The Bertz CT molecular complexity index is 903. The number of carbonyl (C=O) groups is 1. The molecular weight excluding hydrogens is 420 g/mol. The van der Waals surface area contributed by atoms with Crippen LogP contribution in [0, 0.1) is 5.41 Å². The van der Waals surface area contributed by atoms with E-state index in [1.54, 1.807) is 0 Å². The molecule has 4 nitrogen and oxygen atoms in total. The molecular formula is C30H46N2O2. The van der Waals surface area contributed by atoms with E-state index in [4.69, 9.17) is 16.2 Å². The average Bonchev–Trinajstić information content (AvgIpc) is 2.76. The van der Waals surface area contributed by atoms with E-state index < -0.39 is 11.0 Å². The maximum absolute atomic E-state index is 12.5. The molecule has 0 radical (unpaired) electrons. The largest absolute Gasteiger partial charge is 0.465 e. The molecule has 1 aliphatic carbocycles. The summed E-state index contributed by atoms with van der Waals surface area (Å²) in [6.45, 7) is 14.0. The Labute approximate surface area is 207 Å². The highest BCUT2D eigenvalue weighted by atomic mass is 16.5. The lowest BCUT2D eigenvalue weighted by Crippen LogP contribution is -2.50. The molecule has 0 aromatic heterocycles. The second kappa shape index (κ2) is 12.5. The molecule has 4 N–H and O–H groups in total. The molecule has 0 aliphatic heterocycles. The standard InChI is InChI=1S/C30H46N2O2/c1-7-12-22(2)24-16-17-25-19-23(14-15-26(25)20-24)13-10-8-9-11-18-34-28(33)30(5,6)27(31)21-29(3,4)32/h7,12,14-15,19-20,27H,1,8-11,13,16-18,21,31-32H2,2-6H3/b22-12+. The molecule has 2 rings (SSSR count). The Morgan fingerprint density at radius 3 is 2.53 bits per heavy atom. The highest BCUT2D eigenvalue weighted by molar-refractivity contribution is 5.76. The van der Waals surface area contributed by atoms with Crippen molar-refractivity contribution in [3.63, 3.8) is 0 Å². The van der Waals surface area contributed by atoms with Gasteiger partial charge < -0.3 is 16.2 Å². The molecule has 1 aromatic carbocycles. The van der Waals surface area contributed by atoms with Gasteiger partial charge in [-0.1, -0.05) is 55.8 Å². The van der Waals surface area contributed by atoms with Crippen molar-refractivity contribution in [1.29, 1.82) is 0 Å². The zero-order chi connectivity index (χ0) is 25.4. The number of carbonyl (C=O) groups excluding carboxylic acids is 1. The molecule has 1 aromatic rings. The smallest absolute Gasteiger partial charge is 0.313 e. The third-order valence-corrected chi connectivity index (χ3v) is 6.87. The number of hydrogen-bond acceptors (Lipinski definition) is 4. The van der Waals surface area contributed by atoms with E-state index in [1.165, 1.54) is 27.8 Å². The van der Waals surface area contributed by atoms with Crippen molar-refractivity contribution in [2.75, 3.05) is 6.61 Å². The van der Waals surface area contributed by atoms with Gasteiger partial charge in [-0.25, -0.2) is 0 Å². The molecule has 1 unspecified atom stereocenters. The summed E-state index contributed by atoms with van der Waals surface area (Å²) in [7, 11) is 0. The number of esters is 1. The third-order valence-electron chi connectivity index (χ3n) is 6.87.